The molecule has 0 saturated carbocycles. The number of ketones is 1. The lowest BCUT2D eigenvalue weighted by Crippen LogP contribution is -2.37. The fraction of sp³-hybridized carbons (Fsp3) is 0.350. The van der Waals surface area contributed by atoms with E-state index in [4.69, 9.17) is 4.74 Å². The summed E-state index contributed by atoms with van der Waals surface area (Å²) in [5.74, 6) is -3.61. The van der Waals surface area contributed by atoms with Gasteiger partial charge >= 0.3 is 12.1 Å². The Morgan fingerprint density at radius 3 is 2.33 bits per heavy atom. The van der Waals surface area contributed by atoms with Crippen molar-refractivity contribution in [3.63, 3.8) is 0 Å². The second-order valence-electron chi connectivity index (χ2n) is 6.82. The zero-order valence-electron chi connectivity index (χ0n) is 15.6. The average molecular weight is 428 g/mol. The molecule has 2 heterocycles. The normalized spacial score (nSPS) is 15.2. The van der Waals surface area contributed by atoms with E-state index >= 15 is 0 Å². The van der Waals surface area contributed by atoms with Crippen molar-refractivity contribution in [3.05, 3.63) is 59.3 Å². The average Bonchev–Trinajstić information content (AvgIpc) is 2.73. The first kappa shape index (κ1) is 21.7. The highest BCUT2D eigenvalue weighted by molar-refractivity contribution is 5.98. The van der Waals surface area contributed by atoms with Gasteiger partial charge in [0.2, 0.25) is 0 Å². The number of halogens is 5. The number of hydrogen-bond acceptors (Lipinski definition) is 5. The van der Waals surface area contributed by atoms with Gasteiger partial charge in [-0.05, 0) is 43.2 Å². The topological polar surface area (TPSA) is 59.5 Å². The highest BCUT2D eigenvalue weighted by atomic mass is 19.4. The summed E-state index contributed by atoms with van der Waals surface area (Å²) < 4.78 is 68.9. The maximum Gasteiger partial charge on any atom is 0.417 e. The number of rotatable bonds is 5. The van der Waals surface area contributed by atoms with Crippen LogP contribution in [0.25, 0.3) is 0 Å². The van der Waals surface area contributed by atoms with Crippen LogP contribution < -0.4 is 4.90 Å². The number of aromatic nitrogens is 1. The molecule has 2 aromatic rings. The van der Waals surface area contributed by atoms with Crippen molar-refractivity contribution in [1.82, 2.24) is 4.98 Å². The zero-order valence-corrected chi connectivity index (χ0v) is 15.6. The van der Waals surface area contributed by atoms with Crippen molar-refractivity contribution >= 4 is 17.6 Å². The summed E-state index contributed by atoms with van der Waals surface area (Å²) in [4.78, 5) is 29.7. The Bertz CT molecular complexity index is 923. The van der Waals surface area contributed by atoms with Gasteiger partial charge in [0.15, 0.2) is 24.0 Å². The van der Waals surface area contributed by atoms with E-state index in [0.29, 0.717) is 31.7 Å². The lowest BCUT2D eigenvalue weighted by atomic mass is 9.97. The molecule has 1 aliphatic heterocycles. The predicted octanol–water partition coefficient (Wildman–Crippen LogP) is 4.02. The molecule has 1 aliphatic rings. The highest BCUT2D eigenvalue weighted by Crippen LogP contribution is 2.30. The lowest BCUT2D eigenvalue weighted by molar-refractivity contribution is -0.148. The number of esters is 1. The molecule has 1 aromatic carbocycles. The molecular weight excluding hydrogens is 411 g/mol. The number of alkyl halides is 3. The van der Waals surface area contributed by atoms with Crippen LogP contribution in [0.15, 0.2) is 36.5 Å². The first-order chi connectivity index (χ1) is 14.1. The Labute approximate surface area is 168 Å². The van der Waals surface area contributed by atoms with E-state index in [2.05, 4.69) is 4.98 Å². The molecule has 0 amide bonds. The summed E-state index contributed by atoms with van der Waals surface area (Å²) in [7, 11) is 0. The quantitative estimate of drug-likeness (QED) is 0.409. The van der Waals surface area contributed by atoms with Gasteiger partial charge in [-0.2, -0.15) is 13.2 Å². The van der Waals surface area contributed by atoms with E-state index in [1.807, 2.05) is 0 Å². The summed E-state index contributed by atoms with van der Waals surface area (Å²) in [5.41, 5.74) is -0.944. The number of benzene rings is 1. The second kappa shape index (κ2) is 8.76. The van der Waals surface area contributed by atoms with Gasteiger partial charge in [0.25, 0.3) is 0 Å². The number of carbonyl (C=O) groups is 2. The number of hydrogen-bond donors (Lipinski definition) is 0. The molecule has 0 aliphatic carbocycles. The minimum atomic E-state index is -4.46. The summed E-state index contributed by atoms with van der Waals surface area (Å²) in [5, 5.41) is 0. The summed E-state index contributed by atoms with van der Waals surface area (Å²) in [6.07, 6.45) is -2.94. The first-order valence-electron chi connectivity index (χ1n) is 9.08. The zero-order chi connectivity index (χ0) is 21.9. The van der Waals surface area contributed by atoms with Crippen LogP contribution in [0.1, 0.15) is 28.8 Å². The van der Waals surface area contributed by atoms with E-state index < -0.39 is 47.7 Å². The Balaban J connectivity index is 1.49. The molecular formula is C20H17F5N2O3. The summed E-state index contributed by atoms with van der Waals surface area (Å²) in [6.45, 7) is 0.176. The molecule has 160 valence electrons. The molecule has 0 spiro atoms. The molecule has 0 bridgehead atoms. The largest absolute Gasteiger partial charge is 0.457 e. The minimum absolute atomic E-state index is 0.107. The molecule has 0 radical (unpaired) electrons. The van der Waals surface area contributed by atoms with Crippen molar-refractivity contribution in [2.45, 2.75) is 19.0 Å². The molecule has 1 aromatic heterocycles. The Morgan fingerprint density at radius 2 is 1.77 bits per heavy atom. The highest BCUT2D eigenvalue weighted by Gasteiger charge is 2.32. The number of Topliss-reactive ketones (excluding diaryl/α,β-unsaturated/α-hetero) is 1. The Hall–Kier alpha value is -3.04. The number of pyridine rings is 1. The first-order valence-corrected chi connectivity index (χ1v) is 9.08. The van der Waals surface area contributed by atoms with E-state index in [-0.39, 0.29) is 5.56 Å². The third kappa shape index (κ3) is 5.11. The maximum atomic E-state index is 13.2. The second-order valence-corrected chi connectivity index (χ2v) is 6.82. The Morgan fingerprint density at radius 1 is 1.07 bits per heavy atom. The number of carbonyl (C=O) groups excluding carboxylic acids is 2. The molecule has 0 N–H and O–H groups in total. The lowest BCUT2D eigenvalue weighted by Gasteiger charge is -2.31. The SMILES string of the molecule is O=C(COC(=O)C1CCN(c2ccc(C(F)(F)F)cn2)CC1)c1ccc(F)c(F)c1. The van der Waals surface area contributed by atoms with Crippen LogP contribution in [-0.4, -0.2) is 36.4 Å². The third-order valence-corrected chi connectivity index (χ3v) is 4.81. The fourth-order valence-corrected chi connectivity index (χ4v) is 3.09. The van der Waals surface area contributed by atoms with Crippen LogP contribution in [0.2, 0.25) is 0 Å². The van der Waals surface area contributed by atoms with Gasteiger partial charge in [-0.25, -0.2) is 13.8 Å². The van der Waals surface area contributed by atoms with Crippen molar-refractivity contribution in [2.24, 2.45) is 5.92 Å². The van der Waals surface area contributed by atoms with E-state index in [1.165, 1.54) is 6.07 Å². The van der Waals surface area contributed by atoms with Gasteiger partial charge in [0.1, 0.15) is 5.82 Å². The monoisotopic (exact) mass is 428 g/mol. The number of ether oxygens (including phenoxy) is 1. The van der Waals surface area contributed by atoms with Crippen LogP contribution in [0, 0.1) is 17.6 Å². The van der Waals surface area contributed by atoms with E-state index in [0.717, 1.165) is 30.5 Å². The third-order valence-electron chi connectivity index (χ3n) is 4.81. The number of nitrogens with zero attached hydrogens (tertiary/aromatic N) is 2. The molecule has 0 atom stereocenters. The van der Waals surface area contributed by atoms with Crippen LogP contribution in [-0.2, 0) is 15.7 Å². The Kier molecular flexibility index (Phi) is 6.33. The maximum absolute atomic E-state index is 13.2. The van der Waals surface area contributed by atoms with Gasteiger partial charge in [-0.3, -0.25) is 9.59 Å². The standard InChI is InChI=1S/C20H17F5N2O3/c21-15-3-1-13(9-16(15)22)17(28)11-30-19(29)12-5-7-27(8-6-12)18-4-2-14(10-26-18)20(23,24)25/h1-4,9-10,12H,5-8,11H2. The fourth-order valence-electron chi connectivity index (χ4n) is 3.09. The molecule has 3 rings (SSSR count). The molecule has 30 heavy (non-hydrogen) atoms. The smallest absolute Gasteiger partial charge is 0.417 e. The molecule has 10 heteroatoms. The molecule has 1 saturated heterocycles. The molecule has 1 fully saturated rings. The van der Waals surface area contributed by atoms with Gasteiger partial charge in [0.05, 0.1) is 11.5 Å². The minimum Gasteiger partial charge on any atom is -0.457 e. The van der Waals surface area contributed by atoms with Crippen LogP contribution >= 0.6 is 0 Å². The van der Waals surface area contributed by atoms with E-state index in [1.54, 1.807) is 4.90 Å². The molecule has 5 nitrogen and oxygen atoms in total. The molecule has 0 unspecified atom stereocenters. The predicted molar refractivity (Wildman–Crippen MR) is 95.8 cm³/mol. The van der Waals surface area contributed by atoms with Gasteiger partial charge < -0.3 is 9.64 Å². The van der Waals surface area contributed by atoms with Crippen LogP contribution in [0.3, 0.4) is 0 Å². The number of anilines is 1. The van der Waals surface area contributed by atoms with Crippen LogP contribution in [0.5, 0.6) is 0 Å². The summed E-state index contributed by atoms with van der Waals surface area (Å²) in [6, 6.07) is 4.88. The van der Waals surface area contributed by atoms with Crippen molar-refractivity contribution in [2.75, 3.05) is 24.6 Å². The van der Waals surface area contributed by atoms with E-state index in [9.17, 15) is 31.5 Å². The van der Waals surface area contributed by atoms with Gasteiger partial charge in [-0.1, -0.05) is 0 Å². The van der Waals surface area contributed by atoms with Crippen LogP contribution in [0.4, 0.5) is 27.8 Å². The van der Waals surface area contributed by atoms with Crippen molar-refractivity contribution < 1.29 is 36.3 Å². The van der Waals surface area contributed by atoms with Crippen molar-refractivity contribution in [1.29, 1.82) is 0 Å². The van der Waals surface area contributed by atoms with Gasteiger partial charge in [-0.15, -0.1) is 0 Å². The van der Waals surface area contributed by atoms with Crippen molar-refractivity contribution in [3.8, 4) is 0 Å². The number of piperidine rings is 1. The summed E-state index contributed by atoms with van der Waals surface area (Å²) >= 11 is 0. The van der Waals surface area contributed by atoms with Gasteiger partial charge in [0, 0.05) is 24.8 Å².